The highest BCUT2D eigenvalue weighted by molar-refractivity contribution is 14.1. The zero-order valence-electron chi connectivity index (χ0n) is 9.03. The summed E-state index contributed by atoms with van der Waals surface area (Å²) in [6.07, 6.45) is 7.56. The molecule has 1 aromatic rings. The van der Waals surface area contributed by atoms with Crippen LogP contribution < -0.4 is 5.32 Å². The zero-order valence-corrected chi connectivity index (χ0v) is 11.2. The van der Waals surface area contributed by atoms with Crippen molar-refractivity contribution in [3.8, 4) is 0 Å². The molecule has 88 valence electrons. The third-order valence-electron chi connectivity index (χ3n) is 2.78. The summed E-state index contributed by atoms with van der Waals surface area (Å²) in [6, 6.07) is 0.365. The number of nitrogens with one attached hydrogen (secondary N) is 1. The first-order chi connectivity index (χ1) is 7.74. The molecule has 1 aliphatic carbocycles. The number of carbonyl (C=O) groups excluding carboxylic acids is 1. The fourth-order valence-electron chi connectivity index (χ4n) is 2.02. The van der Waals surface area contributed by atoms with Crippen LogP contribution in [0.2, 0.25) is 0 Å². The van der Waals surface area contributed by atoms with Crippen molar-refractivity contribution in [3.63, 3.8) is 0 Å². The van der Waals surface area contributed by atoms with E-state index in [-0.39, 0.29) is 12.5 Å². The van der Waals surface area contributed by atoms with E-state index in [1.54, 1.807) is 11.0 Å². The predicted octanol–water partition coefficient (Wildman–Crippen LogP) is 1.33. The van der Waals surface area contributed by atoms with E-state index in [4.69, 9.17) is 0 Å². The molecule has 0 aliphatic heterocycles. The summed E-state index contributed by atoms with van der Waals surface area (Å²) < 4.78 is 2.24. The lowest BCUT2D eigenvalue weighted by Crippen LogP contribution is -2.38. The third-order valence-corrected chi connectivity index (χ3v) is 3.28. The van der Waals surface area contributed by atoms with E-state index in [1.807, 2.05) is 22.6 Å². The van der Waals surface area contributed by atoms with Crippen LogP contribution in [-0.2, 0) is 11.3 Å². The Labute approximate surface area is 108 Å². The zero-order chi connectivity index (χ0) is 11.4. The average Bonchev–Trinajstić information content (AvgIpc) is 2.65. The van der Waals surface area contributed by atoms with Gasteiger partial charge >= 0.3 is 0 Å². The number of hydrogen-bond donors (Lipinski definition) is 1. The molecule has 1 N–H and O–H groups in total. The van der Waals surface area contributed by atoms with Gasteiger partial charge in [-0.05, 0) is 12.8 Å². The fourth-order valence-corrected chi connectivity index (χ4v) is 2.42. The summed E-state index contributed by atoms with van der Waals surface area (Å²) in [5.41, 5.74) is 0. The minimum Gasteiger partial charge on any atom is -0.352 e. The lowest BCUT2D eigenvalue weighted by atomic mass is 9.95. The van der Waals surface area contributed by atoms with Crippen molar-refractivity contribution in [2.24, 2.45) is 0 Å². The smallest absolute Gasteiger partial charge is 0.242 e. The monoisotopic (exact) mass is 334 g/mol. The minimum absolute atomic E-state index is 0.0354. The summed E-state index contributed by atoms with van der Waals surface area (Å²) in [5, 5.41) is 7.12. The van der Waals surface area contributed by atoms with Crippen molar-refractivity contribution in [1.29, 1.82) is 0 Å². The van der Waals surface area contributed by atoms with Gasteiger partial charge in [-0.3, -0.25) is 4.79 Å². The van der Waals surface area contributed by atoms with Crippen molar-refractivity contribution in [1.82, 2.24) is 20.1 Å². The van der Waals surface area contributed by atoms with Gasteiger partial charge in [-0.1, -0.05) is 19.3 Å². The SMILES string of the molecule is O=C(Cn1cnc(I)n1)NC1CCCCC1. The highest BCUT2D eigenvalue weighted by Gasteiger charge is 2.15. The fraction of sp³-hybridized carbons (Fsp3) is 0.700. The van der Waals surface area contributed by atoms with Crippen LogP contribution in [0.3, 0.4) is 0 Å². The molecule has 1 heterocycles. The van der Waals surface area contributed by atoms with Gasteiger partial charge in [0.15, 0.2) is 0 Å². The van der Waals surface area contributed by atoms with Crippen LogP contribution in [0.1, 0.15) is 32.1 Å². The molecule has 1 fully saturated rings. The first-order valence-corrected chi connectivity index (χ1v) is 6.66. The normalized spacial score (nSPS) is 17.3. The van der Waals surface area contributed by atoms with Gasteiger partial charge in [-0.15, -0.1) is 5.10 Å². The number of rotatable bonds is 3. The Kier molecular flexibility index (Phi) is 4.14. The molecule has 0 spiro atoms. The molecule has 2 rings (SSSR count). The quantitative estimate of drug-likeness (QED) is 0.849. The molecule has 0 radical (unpaired) electrons. The topological polar surface area (TPSA) is 59.8 Å². The molecule has 16 heavy (non-hydrogen) atoms. The molecule has 0 aromatic carbocycles. The summed E-state index contributed by atoms with van der Waals surface area (Å²) >= 11 is 2.03. The number of amides is 1. The highest BCUT2D eigenvalue weighted by atomic mass is 127. The van der Waals surface area contributed by atoms with Gasteiger partial charge in [-0.25, -0.2) is 9.67 Å². The van der Waals surface area contributed by atoms with Crippen molar-refractivity contribution < 1.29 is 4.79 Å². The lowest BCUT2D eigenvalue weighted by molar-refractivity contribution is -0.122. The Morgan fingerprint density at radius 3 is 2.88 bits per heavy atom. The van der Waals surface area contributed by atoms with Gasteiger partial charge in [0.2, 0.25) is 9.74 Å². The predicted molar refractivity (Wildman–Crippen MR) is 67.8 cm³/mol. The van der Waals surface area contributed by atoms with Crippen molar-refractivity contribution in [2.45, 2.75) is 44.7 Å². The van der Waals surface area contributed by atoms with Gasteiger partial charge in [0.25, 0.3) is 0 Å². The molecule has 1 aromatic heterocycles. The van der Waals surface area contributed by atoms with Gasteiger partial charge in [0.05, 0.1) is 0 Å². The average molecular weight is 334 g/mol. The molecule has 0 bridgehead atoms. The van der Waals surface area contributed by atoms with Crippen LogP contribution in [0.4, 0.5) is 0 Å². The van der Waals surface area contributed by atoms with Gasteiger partial charge in [-0.2, -0.15) is 0 Å². The second-order valence-electron chi connectivity index (χ2n) is 4.11. The van der Waals surface area contributed by atoms with E-state index in [0.29, 0.717) is 9.87 Å². The maximum atomic E-state index is 11.7. The molecular weight excluding hydrogens is 319 g/mol. The van der Waals surface area contributed by atoms with Crippen LogP contribution in [-0.4, -0.2) is 26.7 Å². The van der Waals surface area contributed by atoms with Gasteiger partial charge in [0, 0.05) is 28.6 Å². The molecule has 5 nitrogen and oxygen atoms in total. The van der Waals surface area contributed by atoms with E-state index in [0.717, 1.165) is 12.8 Å². The van der Waals surface area contributed by atoms with Crippen molar-refractivity contribution >= 4 is 28.5 Å². The largest absolute Gasteiger partial charge is 0.352 e. The lowest BCUT2D eigenvalue weighted by Gasteiger charge is -2.22. The molecular formula is C10H15IN4O. The van der Waals surface area contributed by atoms with Gasteiger partial charge < -0.3 is 5.32 Å². The molecule has 6 heteroatoms. The molecule has 0 atom stereocenters. The Hall–Kier alpha value is -0.660. The maximum Gasteiger partial charge on any atom is 0.242 e. The highest BCUT2D eigenvalue weighted by Crippen LogP contribution is 2.17. The van der Waals surface area contributed by atoms with Crippen LogP contribution >= 0.6 is 22.6 Å². The second kappa shape index (κ2) is 5.60. The second-order valence-corrected chi connectivity index (χ2v) is 5.08. The number of aromatic nitrogens is 3. The Bertz CT molecular complexity index is 359. The molecule has 1 saturated carbocycles. The van der Waals surface area contributed by atoms with Crippen molar-refractivity contribution in [3.05, 3.63) is 10.2 Å². The van der Waals surface area contributed by atoms with E-state index in [9.17, 15) is 4.79 Å². The summed E-state index contributed by atoms with van der Waals surface area (Å²) in [4.78, 5) is 15.7. The van der Waals surface area contributed by atoms with E-state index in [2.05, 4.69) is 15.4 Å². The first-order valence-electron chi connectivity index (χ1n) is 5.58. The van der Waals surface area contributed by atoms with Crippen LogP contribution in [0.15, 0.2) is 6.33 Å². The van der Waals surface area contributed by atoms with E-state index >= 15 is 0 Å². The van der Waals surface area contributed by atoms with Crippen LogP contribution in [0, 0.1) is 3.83 Å². The summed E-state index contributed by atoms with van der Waals surface area (Å²) in [6.45, 7) is 0.270. The summed E-state index contributed by atoms with van der Waals surface area (Å²) in [7, 11) is 0. The number of hydrogen-bond acceptors (Lipinski definition) is 3. The molecule has 1 amide bonds. The van der Waals surface area contributed by atoms with Crippen LogP contribution in [0.25, 0.3) is 0 Å². The Morgan fingerprint density at radius 2 is 2.25 bits per heavy atom. The summed E-state index contributed by atoms with van der Waals surface area (Å²) in [5.74, 6) is 0.0354. The van der Waals surface area contributed by atoms with Gasteiger partial charge in [0.1, 0.15) is 12.9 Å². The van der Waals surface area contributed by atoms with Crippen LogP contribution in [0.5, 0.6) is 0 Å². The number of carbonyl (C=O) groups is 1. The number of nitrogens with zero attached hydrogens (tertiary/aromatic N) is 3. The third kappa shape index (κ3) is 3.43. The number of halogens is 1. The van der Waals surface area contributed by atoms with Crippen molar-refractivity contribution in [2.75, 3.05) is 0 Å². The maximum absolute atomic E-state index is 11.7. The first kappa shape index (κ1) is 11.8. The molecule has 1 aliphatic rings. The minimum atomic E-state index is 0.0354. The Balaban J connectivity index is 1.79. The Morgan fingerprint density at radius 1 is 1.50 bits per heavy atom. The molecule has 0 unspecified atom stereocenters. The van der Waals surface area contributed by atoms with E-state index in [1.165, 1.54) is 19.3 Å². The molecule has 0 saturated heterocycles. The standard InChI is InChI=1S/C10H15IN4O/c11-10-12-7-15(14-10)6-9(16)13-8-4-2-1-3-5-8/h7-8H,1-6H2,(H,13,16). The van der Waals surface area contributed by atoms with E-state index < -0.39 is 0 Å².